The van der Waals surface area contributed by atoms with E-state index in [1.54, 1.807) is 11.8 Å². The van der Waals surface area contributed by atoms with Gasteiger partial charge in [-0.25, -0.2) is 0 Å². The van der Waals surface area contributed by atoms with Crippen LogP contribution >= 0.6 is 0 Å². The van der Waals surface area contributed by atoms with Crippen LogP contribution in [-0.2, 0) is 20.9 Å². The number of hydrogen-bond acceptors (Lipinski definition) is 5. The number of amides is 2. The van der Waals surface area contributed by atoms with E-state index in [1.165, 1.54) is 5.56 Å². The molecule has 7 nitrogen and oxygen atoms in total. The first-order valence-corrected chi connectivity index (χ1v) is 11.3. The molecule has 4 rings (SSSR count). The van der Waals surface area contributed by atoms with Gasteiger partial charge in [-0.2, -0.15) is 0 Å². The quantitative estimate of drug-likeness (QED) is 0.755. The SMILES string of the molecule is CC(=O)N1CC(N(Cc2ccccc2)CC2CCCO2)CC1C(=O)N1CCNCC1. The fraction of sp³-hybridized carbons (Fsp3) is 0.652. The van der Waals surface area contributed by atoms with Gasteiger partial charge in [0.1, 0.15) is 6.04 Å². The van der Waals surface area contributed by atoms with E-state index < -0.39 is 0 Å². The number of ether oxygens (including phenoxy) is 1. The minimum absolute atomic E-state index is 0.0113. The molecule has 3 saturated heterocycles. The molecule has 0 bridgehead atoms. The molecule has 0 saturated carbocycles. The summed E-state index contributed by atoms with van der Waals surface area (Å²) in [4.78, 5) is 31.8. The standard InChI is InChI=1S/C23H34N4O3/c1-18(28)27-16-20(14-22(27)23(29)25-11-9-24-10-12-25)26(17-21-8-5-13-30-21)15-19-6-3-2-4-7-19/h2-4,6-7,20-22,24H,5,8-17H2,1H3. The van der Waals surface area contributed by atoms with Crippen molar-refractivity contribution in [3.05, 3.63) is 35.9 Å². The zero-order valence-corrected chi connectivity index (χ0v) is 18.0. The van der Waals surface area contributed by atoms with Crippen LogP contribution < -0.4 is 5.32 Å². The molecule has 3 aliphatic heterocycles. The van der Waals surface area contributed by atoms with E-state index in [4.69, 9.17) is 4.74 Å². The van der Waals surface area contributed by atoms with Crippen molar-refractivity contribution in [3.8, 4) is 0 Å². The van der Waals surface area contributed by atoms with Crippen molar-refractivity contribution in [2.75, 3.05) is 45.9 Å². The summed E-state index contributed by atoms with van der Waals surface area (Å²) < 4.78 is 5.92. The van der Waals surface area contributed by atoms with E-state index >= 15 is 0 Å². The lowest BCUT2D eigenvalue weighted by atomic mass is 10.1. The van der Waals surface area contributed by atoms with Gasteiger partial charge in [-0.05, 0) is 24.8 Å². The van der Waals surface area contributed by atoms with Gasteiger partial charge >= 0.3 is 0 Å². The van der Waals surface area contributed by atoms with Gasteiger partial charge in [0.15, 0.2) is 0 Å². The summed E-state index contributed by atoms with van der Waals surface area (Å²) in [6.45, 7) is 7.76. The monoisotopic (exact) mass is 414 g/mol. The molecule has 0 aliphatic carbocycles. The number of likely N-dealkylation sites (tertiary alicyclic amines) is 1. The topological polar surface area (TPSA) is 65.1 Å². The first-order valence-electron chi connectivity index (χ1n) is 11.3. The molecule has 2 amide bonds. The summed E-state index contributed by atoms with van der Waals surface area (Å²) in [5.41, 5.74) is 1.25. The molecule has 1 aromatic rings. The summed E-state index contributed by atoms with van der Waals surface area (Å²) in [6.07, 6.45) is 3.12. The average Bonchev–Trinajstić information content (AvgIpc) is 3.44. The third-order valence-corrected chi connectivity index (χ3v) is 6.60. The summed E-state index contributed by atoms with van der Waals surface area (Å²) >= 11 is 0. The van der Waals surface area contributed by atoms with Crippen molar-refractivity contribution in [2.45, 2.75) is 50.9 Å². The fourth-order valence-electron chi connectivity index (χ4n) is 4.97. The summed E-state index contributed by atoms with van der Waals surface area (Å²) in [7, 11) is 0. The lowest BCUT2D eigenvalue weighted by Crippen LogP contribution is -2.53. The molecule has 1 aromatic carbocycles. The van der Waals surface area contributed by atoms with Crippen LogP contribution in [0.25, 0.3) is 0 Å². The number of nitrogens with zero attached hydrogens (tertiary/aromatic N) is 3. The Labute approximate surface area is 179 Å². The van der Waals surface area contributed by atoms with Crippen LogP contribution in [0.1, 0.15) is 31.7 Å². The molecule has 3 aliphatic rings. The highest BCUT2D eigenvalue weighted by molar-refractivity contribution is 5.87. The van der Waals surface area contributed by atoms with Gasteiger partial charge < -0.3 is 19.9 Å². The van der Waals surface area contributed by atoms with Gasteiger partial charge in [-0.3, -0.25) is 14.5 Å². The molecular formula is C23H34N4O3. The average molecular weight is 415 g/mol. The molecule has 3 atom stereocenters. The Bertz CT molecular complexity index is 716. The third-order valence-electron chi connectivity index (χ3n) is 6.60. The minimum Gasteiger partial charge on any atom is -0.377 e. The minimum atomic E-state index is -0.353. The second-order valence-corrected chi connectivity index (χ2v) is 8.70. The predicted octanol–water partition coefficient (Wildman–Crippen LogP) is 1.09. The van der Waals surface area contributed by atoms with Crippen molar-refractivity contribution in [3.63, 3.8) is 0 Å². The highest BCUT2D eigenvalue weighted by Crippen LogP contribution is 2.27. The number of nitrogens with one attached hydrogen (secondary N) is 1. The van der Waals surface area contributed by atoms with Crippen LogP contribution in [0.2, 0.25) is 0 Å². The molecule has 0 aromatic heterocycles. The van der Waals surface area contributed by atoms with E-state index in [1.807, 2.05) is 11.0 Å². The Balaban J connectivity index is 1.50. The Kier molecular flexibility index (Phi) is 7.02. The van der Waals surface area contributed by atoms with Crippen molar-refractivity contribution < 1.29 is 14.3 Å². The molecule has 0 spiro atoms. The molecule has 7 heteroatoms. The first-order chi connectivity index (χ1) is 14.6. The first kappa shape index (κ1) is 21.3. The second kappa shape index (κ2) is 9.90. The van der Waals surface area contributed by atoms with Crippen LogP contribution in [0.15, 0.2) is 30.3 Å². The Morgan fingerprint density at radius 1 is 1.20 bits per heavy atom. The highest BCUT2D eigenvalue weighted by Gasteiger charge is 2.42. The maximum absolute atomic E-state index is 13.2. The number of rotatable bonds is 6. The number of piperazine rings is 1. The van der Waals surface area contributed by atoms with E-state index in [2.05, 4.69) is 34.5 Å². The Morgan fingerprint density at radius 2 is 1.97 bits per heavy atom. The van der Waals surface area contributed by atoms with Gasteiger partial charge in [0, 0.05) is 65.4 Å². The lowest BCUT2D eigenvalue weighted by Gasteiger charge is -2.32. The van der Waals surface area contributed by atoms with Crippen LogP contribution in [0.4, 0.5) is 0 Å². The van der Waals surface area contributed by atoms with Crippen molar-refractivity contribution >= 4 is 11.8 Å². The summed E-state index contributed by atoms with van der Waals surface area (Å²) in [6, 6.07) is 10.2. The fourth-order valence-corrected chi connectivity index (χ4v) is 4.97. The van der Waals surface area contributed by atoms with Gasteiger partial charge in [0.25, 0.3) is 0 Å². The van der Waals surface area contributed by atoms with E-state index in [9.17, 15) is 9.59 Å². The van der Waals surface area contributed by atoms with Crippen LogP contribution in [0.3, 0.4) is 0 Å². The van der Waals surface area contributed by atoms with E-state index in [0.29, 0.717) is 13.0 Å². The molecule has 0 radical (unpaired) electrons. The molecule has 30 heavy (non-hydrogen) atoms. The number of benzene rings is 1. The van der Waals surface area contributed by atoms with Gasteiger partial charge in [-0.1, -0.05) is 30.3 Å². The zero-order valence-electron chi connectivity index (χ0n) is 18.0. The maximum Gasteiger partial charge on any atom is 0.245 e. The number of carbonyl (C=O) groups excluding carboxylic acids is 2. The lowest BCUT2D eigenvalue weighted by molar-refractivity contribution is -0.143. The van der Waals surface area contributed by atoms with Crippen LogP contribution in [0, 0.1) is 0 Å². The second-order valence-electron chi connectivity index (χ2n) is 8.70. The van der Waals surface area contributed by atoms with Gasteiger partial charge in [-0.15, -0.1) is 0 Å². The van der Waals surface area contributed by atoms with Crippen molar-refractivity contribution in [1.82, 2.24) is 20.0 Å². The van der Waals surface area contributed by atoms with E-state index in [0.717, 1.165) is 58.7 Å². The van der Waals surface area contributed by atoms with Gasteiger partial charge in [0.2, 0.25) is 11.8 Å². The van der Waals surface area contributed by atoms with E-state index in [-0.39, 0.29) is 30.0 Å². The summed E-state index contributed by atoms with van der Waals surface area (Å²) in [5.74, 6) is 0.0914. The zero-order chi connectivity index (χ0) is 20.9. The maximum atomic E-state index is 13.2. The largest absolute Gasteiger partial charge is 0.377 e. The molecule has 3 heterocycles. The normalized spacial score (nSPS) is 27.1. The number of carbonyl (C=O) groups is 2. The Hall–Kier alpha value is -1.96. The predicted molar refractivity (Wildman–Crippen MR) is 115 cm³/mol. The summed E-state index contributed by atoms with van der Waals surface area (Å²) in [5, 5.41) is 3.29. The van der Waals surface area contributed by atoms with Gasteiger partial charge in [0.05, 0.1) is 6.10 Å². The van der Waals surface area contributed by atoms with Crippen molar-refractivity contribution in [1.29, 1.82) is 0 Å². The van der Waals surface area contributed by atoms with Crippen LogP contribution in [0.5, 0.6) is 0 Å². The molecule has 164 valence electrons. The number of hydrogen-bond donors (Lipinski definition) is 1. The molecule has 3 fully saturated rings. The molecule has 1 N–H and O–H groups in total. The van der Waals surface area contributed by atoms with Crippen molar-refractivity contribution in [2.24, 2.45) is 0 Å². The molecular weight excluding hydrogens is 380 g/mol. The Morgan fingerprint density at radius 3 is 2.63 bits per heavy atom. The molecule has 3 unspecified atom stereocenters. The smallest absolute Gasteiger partial charge is 0.245 e. The van der Waals surface area contributed by atoms with Crippen LogP contribution in [-0.4, -0.2) is 90.6 Å². The third kappa shape index (κ3) is 5.02. The highest BCUT2D eigenvalue weighted by atomic mass is 16.5.